The maximum Gasteiger partial charge on any atom is 0.434 e. The van der Waals surface area contributed by atoms with Crippen molar-refractivity contribution in [3.05, 3.63) is 32.2 Å². The van der Waals surface area contributed by atoms with Gasteiger partial charge in [-0.2, -0.15) is 13.2 Å². The van der Waals surface area contributed by atoms with E-state index in [-0.39, 0.29) is 35.9 Å². The maximum absolute atomic E-state index is 13.0. The number of carboxylic acid groups (broad SMARTS) is 1. The molecule has 2 aromatic heterocycles. The number of nitrogens with zero attached hydrogens (tertiary/aromatic N) is 3. The molecule has 2 aromatic rings. The largest absolute Gasteiger partial charge is 0.481 e. The van der Waals surface area contributed by atoms with Crippen LogP contribution < -0.4 is 5.32 Å². The van der Waals surface area contributed by atoms with Gasteiger partial charge in [-0.1, -0.05) is 6.92 Å². The van der Waals surface area contributed by atoms with Crippen molar-refractivity contribution in [2.75, 3.05) is 13.6 Å². The van der Waals surface area contributed by atoms with Crippen molar-refractivity contribution in [2.24, 2.45) is 11.8 Å². The summed E-state index contributed by atoms with van der Waals surface area (Å²) in [6.07, 6.45) is -2.70. The van der Waals surface area contributed by atoms with E-state index in [1.54, 1.807) is 11.9 Å². The van der Waals surface area contributed by atoms with Crippen molar-refractivity contribution >= 4 is 46.4 Å². The molecule has 3 rings (SSSR count). The van der Waals surface area contributed by atoms with Gasteiger partial charge in [-0.15, -0.1) is 22.7 Å². The summed E-state index contributed by atoms with van der Waals surface area (Å²) in [6, 6.07) is -0.827. The van der Waals surface area contributed by atoms with E-state index in [1.165, 1.54) is 19.2 Å². The van der Waals surface area contributed by atoms with Crippen molar-refractivity contribution < 1.29 is 42.2 Å². The number of alkyl halides is 3. The van der Waals surface area contributed by atoms with Crippen LogP contribution in [0.15, 0.2) is 10.8 Å². The number of halogens is 3. The number of amides is 2. The summed E-state index contributed by atoms with van der Waals surface area (Å²) in [5, 5.41) is 14.7. The first-order valence-corrected chi connectivity index (χ1v) is 14.4. The number of carbonyl (C=O) groups is 4. The van der Waals surface area contributed by atoms with E-state index in [0.29, 0.717) is 23.9 Å². The highest BCUT2D eigenvalue weighted by molar-refractivity contribution is 7.10. The Morgan fingerprint density at radius 2 is 1.90 bits per heavy atom. The van der Waals surface area contributed by atoms with E-state index in [9.17, 15) is 37.5 Å². The van der Waals surface area contributed by atoms with Crippen molar-refractivity contribution in [3.8, 4) is 0 Å². The third-order valence-electron chi connectivity index (χ3n) is 6.31. The third-order valence-corrected chi connectivity index (χ3v) is 8.12. The van der Waals surface area contributed by atoms with Crippen LogP contribution in [-0.4, -0.2) is 63.4 Å². The Kier molecular flexibility index (Phi) is 10.6. The zero-order valence-electron chi connectivity index (χ0n) is 22.2. The third kappa shape index (κ3) is 9.54. The van der Waals surface area contributed by atoms with E-state index in [4.69, 9.17) is 4.74 Å². The summed E-state index contributed by atoms with van der Waals surface area (Å²) in [6.45, 7) is 2.99. The number of aliphatic carboxylic acids is 1. The molecule has 1 aliphatic rings. The summed E-state index contributed by atoms with van der Waals surface area (Å²) in [5.74, 6) is -2.77. The van der Waals surface area contributed by atoms with Crippen LogP contribution in [0.25, 0.3) is 0 Å². The van der Waals surface area contributed by atoms with Gasteiger partial charge in [0, 0.05) is 56.6 Å². The Labute approximate surface area is 236 Å². The average molecular weight is 605 g/mol. The summed E-state index contributed by atoms with van der Waals surface area (Å²) >= 11 is 1.86. The van der Waals surface area contributed by atoms with Crippen LogP contribution in [0, 0.1) is 11.8 Å². The van der Waals surface area contributed by atoms with Gasteiger partial charge in [0.1, 0.15) is 10.7 Å². The van der Waals surface area contributed by atoms with Crippen LogP contribution in [0.4, 0.5) is 13.2 Å². The molecule has 0 radical (unpaired) electrons. The number of esters is 1. The summed E-state index contributed by atoms with van der Waals surface area (Å²) in [5.41, 5.74) is -1.07. The average Bonchev–Trinajstić information content (AvgIpc) is 3.32. The van der Waals surface area contributed by atoms with Crippen molar-refractivity contribution in [2.45, 2.75) is 70.7 Å². The Bertz CT molecular complexity index is 1210. The predicted molar refractivity (Wildman–Crippen MR) is 140 cm³/mol. The topological polar surface area (TPSA) is 139 Å². The minimum Gasteiger partial charge on any atom is -0.481 e. The SMILES string of the molecule is CC(=O)O[C@H](CCN(C)C(=O)CC1CC1)c1nc(C(=O)N[C@@H](Cc2nc(C(F)(F)F)cs2)C[C@H](C)C(=O)O)cs1. The number of rotatable bonds is 14. The zero-order chi connectivity index (χ0) is 29.6. The lowest BCUT2D eigenvalue weighted by atomic mass is 9.99. The smallest absolute Gasteiger partial charge is 0.434 e. The monoisotopic (exact) mass is 604 g/mol. The number of nitrogens with one attached hydrogen (secondary N) is 1. The Morgan fingerprint density at radius 3 is 2.48 bits per heavy atom. The van der Waals surface area contributed by atoms with Crippen LogP contribution in [0.1, 0.15) is 78.3 Å². The maximum atomic E-state index is 13.0. The molecule has 40 heavy (non-hydrogen) atoms. The van der Waals surface area contributed by atoms with Crippen LogP contribution in [0.3, 0.4) is 0 Å². The molecule has 1 aliphatic carbocycles. The molecule has 1 fully saturated rings. The summed E-state index contributed by atoms with van der Waals surface area (Å²) in [4.78, 5) is 57.9. The van der Waals surface area contributed by atoms with Crippen LogP contribution in [0.5, 0.6) is 0 Å². The number of aromatic nitrogens is 2. The van der Waals surface area contributed by atoms with E-state index in [2.05, 4.69) is 15.3 Å². The van der Waals surface area contributed by atoms with Gasteiger partial charge < -0.3 is 20.1 Å². The van der Waals surface area contributed by atoms with E-state index in [1.807, 2.05) is 0 Å². The van der Waals surface area contributed by atoms with E-state index >= 15 is 0 Å². The number of carbonyl (C=O) groups excluding carboxylic acids is 3. The minimum absolute atomic E-state index is 0.00694. The molecule has 15 heteroatoms. The highest BCUT2D eigenvalue weighted by atomic mass is 32.1. The molecule has 10 nitrogen and oxygen atoms in total. The molecular formula is C25H31F3N4O6S2. The second kappa shape index (κ2) is 13.5. The van der Waals surface area contributed by atoms with Gasteiger partial charge >= 0.3 is 18.1 Å². The van der Waals surface area contributed by atoms with Crippen LogP contribution in [-0.2, 0) is 31.7 Å². The highest BCUT2D eigenvalue weighted by Gasteiger charge is 2.34. The van der Waals surface area contributed by atoms with Gasteiger partial charge in [0.25, 0.3) is 5.91 Å². The zero-order valence-corrected chi connectivity index (χ0v) is 23.8. The molecular weight excluding hydrogens is 573 g/mol. The first kappa shape index (κ1) is 31.5. The van der Waals surface area contributed by atoms with Crippen molar-refractivity contribution in [1.29, 1.82) is 0 Å². The summed E-state index contributed by atoms with van der Waals surface area (Å²) in [7, 11) is 1.68. The Morgan fingerprint density at radius 1 is 1.20 bits per heavy atom. The van der Waals surface area contributed by atoms with Crippen LogP contribution in [0.2, 0.25) is 0 Å². The second-order valence-corrected chi connectivity index (χ2v) is 11.7. The predicted octanol–water partition coefficient (Wildman–Crippen LogP) is 4.32. The standard InChI is InChI=1S/C25H31F3N4O6S2/c1-13(24(36)37)8-16(10-20-31-19(12-39-20)25(26,27)28)29-22(35)17-11-40-23(30-17)18(38-14(2)33)6-7-32(3)21(34)9-15-4-5-15/h11-13,15-16,18H,4-10H2,1-3H3,(H,29,35)(H,36,37)/t13-,16+,18+/m0/s1. The van der Waals surface area contributed by atoms with Crippen molar-refractivity contribution in [1.82, 2.24) is 20.2 Å². The molecule has 0 spiro atoms. The van der Waals surface area contributed by atoms with E-state index < -0.39 is 47.8 Å². The lowest BCUT2D eigenvalue weighted by Crippen LogP contribution is -2.38. The van der Waals surface area contributed by atoms with Gasteiger partial charge in [-0.05, 0) is 25.2 Å². The lowest BCUT2D eigenvalue weighted by molar-refractivity contribution is -0.147. The quantitative estimate of drug-likeness (QED) is 0.304. The molecule has 2 N–H and O–H groups in total. The van der Waals surface area contributed by atoms with Gasteiger partial charge in [0.05, 0.1) is 10.9 Å². The van der Waals surface area contributed by atoms with Gasteiger partial charge in [0.2, 0.25) is 5.91 Å². The highest BCUT2D eigenvalue weighted by Crippen LogP contribution is 2.33. The van der Waals surface area contributed by atoms with Crippen molar-refractivity contribution in [3.63, 3.8) is 0 Å². The van der Waals surface area contributed by atoms with Gasteiger partial charge in [0.15, 0.2) is 11.8 Å². The molecule has 220 valence electrons. The number of hydrogen-bond acceptors (Lipinski definition) is 9. The Hall–Kier alpha value is -3.07. The molecule has 0 aliphatic heterocycles. The number of hydrogen-bond donors (Lipinski definition) is 2. The minimum atomic E-state index is -4.61. The molecule has 1 saturated carbocycles. The number of carboxylic acids is 1. The number of ether oxygens (including phenoxy) is 1. The molecule has 0 unspecified atom stereocenters. The summed E-state index contributed by atoms with van der Waals surface area (Å²) < 4.78 is 44.3. The van der Waals surface area contributed by atoms with Crippen LogP contribution >= 0.6 is 22.7 Å². The molecule has 2 heterocycles. The fourth-order valence-corrected chi connectivity index (χ4v) is 5.60. The lowest BCUT2D eigenvalue weighted by Gasteiger charge is -2.21. The first-order chi connectivity index (χ1) is 18.7. The van der Waals surface area contributed by atoms with Gasteiger partial charge in [-0.25, -0.2) is 9.97 Å². The normalized spacial score (nSPS) is 15.7. The fourth-order valence-electron chi connectivity index (χ4n) is 3.86. The van der Waals surface area contributed by atoms with E-state index in [0.717, 1.165) is 40.9 Å². The van der Waals surface area contributed by atoms with Gasteiger partial charge in [-0.3, -0.25) is 19.2 Å². The first-order valence-electron chi connectivity index (χ1n) is 12.6. The molecule has 0 bridgehead atoms. The fraction of sp³-hybridized carbons (Fsp3) is 0.600. The molecule has 2 amide bonds. The molecule has 0 aromatic carbocycles. The number of thiazole rings is 2. The molecule has 0 saturated heterocycles. The molecule has 3 atom stereocenters. The Balaban J connectivity index is 1.68. The second-order valence-electron chi connectivity index (χ2n) is 9.89.